The van der Waals surface area contributed by atoms with Crippen LogP contribution in [0.15, 0.2) is 35.2 Å². The second-order valence-electron chi connectivity index (χ2n) is 9.63. The molecule has 3 fully saturated rings. The minimum atomic E-state index is -3.45. The number of carbonyl (C=O) groups excluding carboxylic acids is 1. The molecular weight excluding hydrogens is 410 g/mol. The van der Waals surface area contributed by atoms with Gasteiger partial charge < -0.3 is 10.2 Å². The summed E-state index contributed by atoms with van der Waals surface area (Å²) in [6.45, 7) is 3.72. The number of hydrogen-bond donors (Lipinski definition) is 2. The fourth-order valence-corrected chi connectivity index (χ4v) is 6.87. The summed E-state index contributed by atoms with van der Waals surface area (Å²) in [5, 5.41) is 3.27. The van der Waals surface area contributed by atoms with E-state index in [4.69, 9.17) is 0 Å². The Hall–Kier alpha value is -1.44. The van der Waals surface area contributed by atoms with E-state index in [1.807, 2.05) is 6.07 Å². The van der Waals surface area contributed by atoms with Crippen molar-refractivity contribution >= 4 is 15.9 Å². The molecule has 2 N–H and O–H groups in total. The molecule has 0 radical (unpaired) electrons. The first kappa shape index (κ1) is 22.7. The molecule has 6 nitrogen and oxygen atoms in total. The Morgan fingerprint density at radius 2 is 1.65 bits per heavy atom. The van der Waals surface area contributed by atoms with Gasteiger partial charge in [0.05, 0.1) is 4.90 Å². The summed E-state index contributed by atoms with van der Waals surface area (Å²) >= 11 is 0. The van der Waals surface area contributed by atoms with E-state index in [1.165, 1.54) is 45.2 Å². The Kier molecular flexibility index (Phi) is 7.67. The van der Waals surface area contributed by atoms with Crippen molar-refractivity contribution in [3.05, 3.63) is 30.3 Å². The minimum Gasteiger partial charge on any atom is -0.356 e. The number of sulfonamides is 1. The van der Waals surface area contributed by atoms with Gasteiger partial charge in [0.2, 0.25) is 15.9 Å². The summed E-state index contributed by atoms with van der Waals surface area (Å²) in [6.07, 6.45) is 9.91. The Labute approximate surface area is 187 Å². The van der Waals surface area contributed by atoms with Gasteiger partial charge in [-0.2, -0.15) is 0 Å². The predicted molar refractivity (Wildman–Crippen MR) is 122 cm³/mol. The number of hydrogen-bond acceptors (Lipinski definition) is 4. The molecule has 0 spiro atoms. The first-order chi connectivity index (χ1) is 15.0. The molecule has 7 heteroatoms. The molecule has 1 aromatic carbocycles. The Bertz CT molecular complexity index is 820. The lowest BCUT2D eigenvalue weighted by molar-refractivity contribution is -0.126. The van der Waals surface area contributed by atoms with Crippen molar-refractivity contribution in [1.82, 2.24) is 14.9 Å². The highest BCUT2D eigenvalue weighted by molar-refractivity contribution is 7.89. The second kappa shape index (κ2) is 10.5. The molecule has 31 heavy (non-hydrogen) atoms. The Morgan fingerprint density at radius 3 is 2.42 bits per heavy atom. The van der Waals surface area contributed by atoms with Crippen molar-refractivity contribution in [2.75, 3.05) is 26.2 Å². The molecule has 1 aromatic rings. The molecule has 2 heterocycles. The third-order valence-electron chi connectivity index (χ3n) is 7.60. The standard InChI is InChI=1S/C24H37N3O3S/c28-24(25-18-21-7-6-16-27-15-5-4-10-23(21)27)20-13-11-19(12-14-20)17-26-31(29,30)22-8-2-1-3-9-22/h1-3,8-9,19-21,23,26H,4-7,10-18H2,(H,25,28)/t19?,20?,21-,23-/m0/s1. The van der Waals surface area contributed by atoms with Crippen LogP contribution in [0.4, 0.5) is 0 Å². The van der Waals surface area contributed by atoms with Gasteiger partial charge in [-0.25, -0.2) is 13.1 Å². The highest BCUT2D eigenvalue weighted by Gasteiger charge is 2.34. The van der Waals surface area contributed by atoms with Crippen LogP contribution in [0, 0.1) is 17.8 Å². The predicted octanol–water partition coefficient (Wildman–Crippen LogP) is 3.15. The number of fused-ring (bicyclic) bond motifs is 1. The zero-order chi connectivity index (χ0) is 21.7. The van der Waals surface area contributed by atoms with E-state index in [2.05, 4.69) is 14.9 Å². The van der Waals surface area contributed by atoms with Crippen molar-refractivity contribution in [1.29, 1.82) is 0 Å². The fraction of sp³-hybridized carbons (Fsp3) is 0.708. The van der Waals surface area contributed by atoms with Crippen LogP contribution >= 0.6 is 0 Å². The van der Waals surface area contributed by atoms with Crippen LogP contribution in [0.3, 0.4) is 0 Å². The van der Waals surface area contributed by atoms with Gasteiger partial charge in [0.15, 0.2) is 0 Å². The SMILES string of the molecule is O=C(NC[C@@H]1CCCN2CCCC[C@@H]12)C1CCC(CNS(=O)(=O)c2ccccc2)CC1. The van der Waals surface area contributed by atoms with E-state index >= 15 is 0 Å². The summed E-state index contributed by atoms with van der Waals surface area (Å²) in [4.78, 5) is 15.7. The van der Waals surface area contributed by atoms with Gasteiger partial charge >= 0.3 is 0 Å². The smallest absolute Gasteiger partial charge is 0.240 e. The highest BCUT2D eigenvalue weighted by Crippen LogP contribution is 2.31. The third kappa shape index (κ3) is 5.88. The van der Waals surface area contributed by atoms with E-state index in [0.29, 0.717) is 29.3 Å². The zero-order valence-corrected chi connectivity index (χ0v) is 19.3. The van der Waals surface area contributed by atoms with E-state index in [-0.39, 0.29) is 11.8 Å². The van der Waals surface area contributed by atoms with Gasteiger partial charge in [-0.15, -0.1) is 0 Å². The average molecular weight is 448 g/mol. The third-order valence-corrected chi connectivity index (χ3v) is 9.04. The molecule has 4 rings (SSSR count). The van der Waals surface area contributed by atoms with E-state index in [9.17, 15) is 13.2 Å². The molecular formula is C24H37N3O3S. The molecule has 0 aromatic heterocycles. The normalized spacial score (nSPS) is 29.8. The largest absolute Gasteiger partial charge is 0.356 e. The molecule has 2 aliphatic heterocycles. The quantitative estimate of drug-likeness (QED) is 0.673. The lowest BCUT2D eigenvalue weighted by Crippen LogP contribution is -2.51. The minimum absolute atomic E-state index is 0.0769. The maximum atomic E-state index is 12.8. The number of nitrogens with zero attached hydrogens (tertiary/aromatic N) is 1. The van der Waals surface area contributed by atoms with Crippen LogP contribution < -0.4 is 10.0 Å². The molecule has 2 saturated heterocycles. The topological polar surface area (TPSA) is 78.5 Å². The Morgan fingerprint density at radius 1 is 0.903 bits per heavy atom. The van der Waals surface area contributed by atoms with E-state index in [1.54, 1.807) is 24.3 Å². The van der Waals surface area contributed by atoms with Crippen molar-refractivity contribution < 1.29 is 13.2 Å². The first-order valence-electron chi connectivity index (χ1n) is 12.1. The number of piperidine rings is 2. The summed E-state index contributed by atoms with van der Waals surface area (Å²) in [6, 6.07) is 9.17. The molecule has 1 amide bonds. The van der Waals surface area contributed by atoms with Crippen LogP contribution in [0.2, 0.25) is 0 Å². The van der Waals surface area contributed by atoms with Gasteiger partial charge in [-0.3, -0.25) is 4.79 Å². The lowest BCUT2D eigenvalue weighted by Gasteiger charge is -2.44. The van der Waals surface area contributed by atoms with Gasteiger partial charge in [0, 0.05) is 25.0 Å². The molecule has 0 bridgehead atoms. The number of nitrogens with one attached hydrogen (secondary N) is 2. The Balaban J connectivity index is 1.18. The van der Waals surface area contributed by atoms with Crippen LogP contribution in [0.1, 0.15) is 57.8 Å². The molecule has 1 saturated carbocycles. The van der Waals surface area contributed by atoms with Crippen LogP contribution in [0.5, 0.6) is 0 Å². The number of carbonyl (C=O) groups is 1. The monoisotopic (exact) mass is 447 g/mol. The van der Waals surface area contributed by atoms with Gasteiger partial charge in [-0.1, -0.05) is 24.6 Å². The van der Waals surface area contributed by atoms with Crippen LogP contribution in [-0.2, 0) is 14.8 Å². The number of amides is 1. The summed E-state index contributed by atoms with van der Waals surface area (Å²) in [7, 11) is -3.45. The number of benzene rings is 1. The number of rotatable bonds is 7. The fourth-order valence-electron chi connectivity index (χ4n) is 5.73. The molecule has 1 aliphatic carbocycles. The highest BCUT2D eigenvalue weighted by atomic mass is 32.2. The zero-order valence-electron chi connectivity index (χ0n) is 18.5. The van der Waals surface area contributed by atoms with E-state index in [0.717, 1.165) is 32.2 Å². The van der Waals surface area contributed by atoms with Gasteiger partial charge in [0.25, 0.3) is 0 Å². The van der Waals surface area contributed by atoms with Gasteiger partial charge in [-0.05, 0) is 88.4 Å². The maximum absolute atomic E-state index is 12.8. The summed E-state index contributed by atoms with van der Waals surface area (Å²) < 4.78 is 27.6. The van der Waals surface area contributed by atoms with Crippen LogP contribution in [-0.4, -0.2) is 51.4 Å². The second-order valence-corrected chi connectivity index (χ2v) is 11.4. The van der Waals surface area contributed by atoms with E-state index < -0.39 is 10.0 Å². The molecule has 3 aliphatic rings. The molecule has 2 atom stereocenters. The lowest BCUT2D eigenvalue weighted by atomic mass is 9.81. The summed E-state index contributed by atoms with van der Waals surface area (Å²) in [5.41, 5.74) is 0. The average Bonchev–Trinajstić information content (AvgIpc) is 2.82. The van der Waals surface area contributed by atoms with Crippen molar-refractivity contribution in [2.45, 2.75) is 68.7 Å². The van der Waals surface area contributed by atoms with Crippen molar-refractivity contribution in [3.63, 3.8) is 0 Å². The van der Waals surface area contributed by atoms with Crippen molar-refractivity contribution in [2.24, 2.45) is 17.8 Å². The maximum Gasteiger partial charge on any atom is 0.240 e. The molecule has 0 unspecified atom stereocenters. The van der Waals surface area contributed by atoms with Crippen molar-refractivity contribution in [3.8, 4) is 0 Å². The summed E-state index contributed by atoms with van der Waals surface area (Å²) in [5.74, 6) is 1.18. The van der Waals surface area contributed by atoms with Gasteiger partial charge in [0.1, 0.15) is 0 Å². The first-order valence-corrected chi connectivity index (χ1v) is 13.6. The molecule has 172 valence electrons. The van der Waals surface area contributed by atoms with Crippen LogP contribution in [0.25, 0.3) is 0 Å².